The summed E-state index contributed by atoms with van der Waals surface area (Å²) in [6.45, 7) is 0. The van der Waals surface area contributed by atoms with Crippen molar-refractivity contribution in [2.45, 2.75) is 0 Å². The maximum absolute atomic E-state index is 2.38. The Morgan fingerprint density at radius 1 is 0.218 bits per heavy atom. The molecule has 1 heteroatoms. The van der Waals surface area contributed by atoms with E-state index >= 15 is 0 Å². The molecule has 0 radical (unpaired) electrons. The molecular weight excluding hydrogens is 663 g/mol. The first-order valence-corrected chi connectivity index (χ1v) is 18.9. The molecule has 0 atom stereocenters. The zero-order chi connectivity index (χ0) is 36.6. The Morgan fingerprint density at radius 2 is 0.618 bits per heavy atom. The van der Waals surface area contributed by atoms with Gasteiger partial charge in [-0.05, 0) is 125 Å². The number of fused-ring (bicyclic) bond motifs is 3. The average molecular weight is 700 g/mol. The van der Waals surface area contributed by atoms with Gasteiger partial charge in [0.25, 0.3) is 0 Å². The third-order valence-corrected chi connectivity index (χ3v) is 10.8. The van der Waals surface area contributed by atoms with Crippen LogP contribution < -0.4 is 4.90 Å². The molecule has 10 aromatic carbocycles. The van der Waals surface area contributed by atoms with Crippen LogP contribution in [0.3, 0.4) is 0 Å². The van der Waals surface area contributed by atoms with Crippen molar-refractivity contribution in [2.24, 2.45) is 0 Å². The number of hydrogen-bond donors (Lipinski definition) is 0. The molecule has 0 aliphatic carbocycles. The van der Waals surface area contributed by atoms with E-state index in [1.54, 1.807) is 0 Å². The largest absolute Gasteiger partial charge is 0.310 e. The molecule has 0 unspecified atom stereocenters. The zero-order valence-corrected chi connectivity index (χ0v) is 30.3. The maximum Gasteiger partial charge on any atom is 0.0467 e. The minimum Gasteiger partial charge on any atom is -0.310 e. The highest BCUT2D eigenvalue weighted by Gasteiger charge is 2.17. The fraction of sp³-hybridized carbons (Fsp3) is 0. The number of hydrogen-bond acceptors (Lipinski definition) is 1. The van der Waals surface area contributed by atoms with E-state index in [0.29, 0.717) is 0 Å². The molecule has 0 fully saturated rings. The van der Waals surface area contributed by atoms with E-state index < -0.39 is 0 Å². The Balaban J connectivity index is 1.11. The van der Waals surface area contributed by atoms with Crippen LogP contribution in [0, 0.1) is 0 Å². The Hall–Kier alpha value is -7.22. The minimum atomic E-state index is 1.10. The predicted molar refractivity (Wildman–Crippen MR) is 235 cm³/mol. The normalized spacial score (nSPS) is 11.3. The van der Waals surface area contributed by atoms with Crippen LogP contribution in [0.15, 0.2) is 224 Å². The number of nitrogens with zero attached hydrogens (tertiary/aromatic N) is 1. The van der Waals surface area contributed by atoms with E-state index in [1.807, 2.05) is 0 Å². The Labute approximate surface area is 322 Å². The summed E-state index contributed by atoms with van der Waals surface area (Å²) in [4.78, 5) is 2.38. The summed E-state index contributed by atoms with van der Waals surface area (Å²) in [5.74, 6) is 0. The van der Waals surface area contributed by atoms with Gasteiger partial charge in [-0.2, -0.15) is 0 Å². The summed E-state index contributed by atoms with van der Waals surface area (Å²) in [6.07, 6.45) is 0. The molecule has 10 aromatic rings. The van der Waals surface area contributed by atoms with Gasteiger partial charge in [0, 0.05) is 17.1 Å². The fourth-order valence-electron chi connectivity index (χ4n) is 8.13. The van der Waals surface area contributed by atoms with Crippen molar-refractivity contribution in [1.29, 1.82) is 0 Å². The van der Waals surface area contributed by atoms with Gasteiger partial charge in [-0.15, -0.1) is 0 Å². The van der Waals surface area contributed by atoms with E-state index in [1.165, 1.54) is 76.8 Å². The van der Waals surface area contributed by atoms with Gasteiger partial charge in [0.15, 0.2) is 0 Å². The number of rotatable bonds is 7. The van der Waals surface area contributed by atoms with Crippen molar-refractivity contribution in [3.05, 3.63) is 224 Å². The van der Waals surface area contributed by atoms with Crippen molar-refractivity contribution in [2.75, 3.05) is 4.90 Å². The Kier molecular flexibility index (Phi) is 8.24. The highest BCUT2D eigenvalue weighted by Crippen LogP contribution is 2.42. The van der Waals surface area contributed by atoms with E-state index in [2.05, 4.69) is 229 Å². The van der Waals surface area contributed by atoms with Crippen LogP contribution in [0.25, 0.3) is 76.8 Å². The lowest BCUT2D eigenvalue weighted by Crippen LogP contribution is -2.10. The van der Waals surface area contributed by atoms with Crippen molar-refractivity contribution in [3.8, 4) is 44.5 Å². The predicted octanol–water partition coefficient (Wildman–Crippen LogP) is 15.3. The first-order chi connectivity index (χ1) is 27.3. The monoisotopic (exact) mass is 699 g/mol. The molecule has 55 heavy (non-hydrogen) atoms. The Bertz CT molecular complexity index is 2830. The molecule has 0 amide bonds. The molecule has 0 heterocycles. The van der Waals surface area contributed by atoms with Crippen LogP contribution in [0.1, 0.15) is 0 Å². The second-order valence-corrected chi connectivity index (χ2v) is 14.1. The van der Waals surface area contributed by atoms with Gasteiger partial charge in [0.1, 0.15) is 0 Å². The van der Waals surface area contributed by atoms with E-state index in [9.17, 15) is 0 Å². The number of benzene rings is 10. The molecule has 1 nitrogen and oxygen atoms in total. The molecule has 0 saturated heterocycles. The van der Waals surface area contributed by atoms with Gasteiger partial charge in [0.05, 0.1) is 0 Å². The SMILES string of the molecule is c1ccc(-c2cc3ccccc3cc2-c2cccc(N(c3ccc(-c4cccc5ccccc45)cc3)c3ccc(-c4cccc5ccccc45)cc3)c2)cc1. The van der Waals surface area contributed by atoms with Crippen LogP contribution in [0.4, 0.5) is 17.1 Å². The molecule has 258 valence electrons. The minimum absolute atomic E-state index is 1.10. The van der Waals surface area contributed by atoms with Gasteiger partial charge >= 0.3 is 0 Å². The molecule has 0 saturated carbocycles. The lowest BCUT2D eigenvalue weighted by molar-refractivity contribution is 1.28. The average Bonchev–Trinajstić information content (AvgIpc) is 3.26. The van der Waals surface area contributed by atoms with E-state index in [-0.39, 0.29) is 0 Å². The van der Waals surface area contributed by atoms with Gasteiger partial charge in [-0.3, -0.25) is 0 Å². The summed E-state index contributed by atoms with van der Waals surface area (Å²) in [7, 11) is 0. The van der Waals surface area contributed by atoms with Crippen LogP contribution in [-0.2, 0) is 0 Å². The van der Waals surface area contributed by atoms with Gasteiger partial charge in [-0.25, -0.2) is 0 Å². The zero-order valence-electron chi connectivity index (χ0n) is 30.3. The fourth-order valence-corrected chi connectivity index (χ4v) is 8.13. The van der Waals surface area contributed by atoms with Crippen molar-refractivity contribution >= 4 is 49.4 Å². The lowest BCUT2D eigenvalue weighted by Gasteiger charge is -2.27. The maximum atomic E-state index is 2.38. The lowest BCUT2D eigenvalue weighted by atomic mass is 9.91. The first-order valence-electron chi connectivity index (χ1n) is 18.9. The van der Waals surface area contributed by atoms with Crippen LogP contribution in [-0.4, -0.2) is 0 Å². The van der Waals surface area contributed by atoms with E-state index in [0.717, 1.165) is 17.1 Å². The topological polar surface area (TPSA) is 3.24 Å². The molecule has 0 spiro atoms. The molecule has 0 bridgehead atoms. The van der Waals surface area contributed by atoms with E-state index in [4.69, 9.17) is 0 Å². The number of anilines is 3. The van der Waals surface area contributed by atoms with Crippen molar-refractivity contribution < 1.29 is 0 Å². The summed E-state index contributed by atoms with van der Waals surface area (Å²) >= 11 is 0. The Morgan fingerprint density at radius 3 is 1.16 bits per heavy atom. The second-order valence-electron chi connectivity index (χ2n) is 14.1. The summed E-state index contributed by atoms with van der Waals surface area (Å²) in [5.41, 5.74) is 13.0. The summed E-state index contributed by atoms with van der Waals surface area (Å²) < 4.78 is 0. The molecule has 0 aliphatic heterocycles. The molecule has 0 N–H and O–H groups in total. The molecule has 0 aliphatic rings. The standard InChI is InChI=1S/C54H37N/c1-2-13-40(14-3-1)53-36-43-17-4-5-18-44(43)37-54(53)45-21-10-22-48(35-45)55(46-31-27-41(28-32-46)51-25-11-19-38-15-6-8-23-49(38)51)47-33-29-42(30-34-47)52-26-12-20-39-16-7-9-24-50(39)52/h1-37H. The molecule has 0 aromatic heterocycles. The van der Waals surface area contributed by atoms with Crippen LogP contribution >= 0.6 is 0 Å². The summed E-state index contributed by atoms with van der Waals surface area (Å²) in [5, 5.41) is 7.48. The van der Waals surface area contributed by atoms with Crippen LogP contribution in [0.2, 0.25) is 0 Å². The third kappa shape index (κ3) is 6.12. The molecular formula is C54H37N. The van der Waals surface area contributed by atoms with Gasteiger partial charge < -0.3 is 4.90 Å². The smallest absolute Gasteiger partial charge is 0.0467 e. The first kappa shape index (κ1) is 32.4. The molecule has 10 rings (SSSR count). The second kappa shape index (κ2) is 14.0. The van der Waals surface area contributed by atoms with Gasteiger partial charge in [0.2, 0.25) is 0 Å². The highest BCUT2D eigenvalue weighted by molar-refractivity contribution is 5.99. The highest BCUT2D eigenvalue weighted by atomic mass is 15.1. The van der Waals surface area contributed by atoms with Gasteiger partial charge in [-0.1, -0.05) is 176 Å². The quantitative estimate of drug-likeness (QED) is 0.160. The summed E-state index contributed by atoms with van der Waals surface area (Å²) in [6, 6.07) is 81.5. The van der Waals surface area contributed by atoms with Crippen LogP contribution in [0.5, 0.6) is 0 Å². The van der Waals surface area contributed by atoms with Crippen molar-refractivity contribution in [1.82, 2.24) is 0 Å². The third-order valence-electron chi connectivity index (χ3n) is 10.8. The van der Waals surface area contributed by atoms with Crippen molar-refractivity contribution in [3.63, 3.8) is 0 Å².